The van der Waals surface area contributed by atoms with E-state index in [1.807, 2.05) is 36.4 Å². The summed E-state index contributed by atoms with van der Waals surface area (Å²) in [6, 6.07) is 19.0. The maximum absolute atomic E-state index is 12.0. The van der Waals surface area contributed by atoms with Crippen LogP contribution in [0, 0.1) is 10.1 Å². The highest BCUT2D eigenvalue weighted by Gasteiger charge is 2.08. The first-order valence-electron chi connectivity index (χ1n) is 8.21. The zero-order valence-electron chi connectivity index (χ0n) is 14.5. The minimum atomic E-state index is -0.511. The molecule has 0 aliphatic rings. The van der Waals surface area contributed by atoms with Crippen molar-refractivity contribution in [2.45, 2.75) is 0 Å². The topological polar surface area (TPSA) is 97.4 Å². The van der Waals surface area contributed by atoms with Crippen LogP contribution in [0.1, 0.15) is 5.76 Å². The number of amides is 1. The van der Waals surface area contributed by atoms with E-state index in [1.54, 1.807) is 12.1 Å². The molecule has 3 rings (SSSR count). The van der Waals surface area contributed by atoms with Crippen LogP contribution in [0.3, 0.4) is 0 Å². The van der Waals surface area contributed by atoms with Gasteiger partial charge in [-0.3, -0.25) is 20.2 Å². The van der Waals surface area contributed by atoms with Gasteiger partial charge in [0.1, 0.15) is 11.5 Å². The zero-order chi connectivity index (χ0) is 19.9. The summed E-state index contributed by atoms with van der Waals surface area (Å²) in [7, 11) is 0. The van der Waals surface area contributed by atoms with Crippen LogP contribution in [-0.4, -0.2) is 15.9 Å². The fraction of sp³-hybridized carbons (Fsp3) is 0. The summed E-state index contributed by atoms with van der Waals surface area (Å²) >= 11 is 5.05. The Kier molecular flexibility index (Phi) is 5.93. The highest BCUT2D eigenvalue weighted by atomic mass is 32.1. The average Bonchev–Trinajstić information content (AvgIpc) is 3.16. The predicted octanol–water partition coefficient (Wildman–Crippen LogP) is 4.38. The Morgan fingerprint density at radius 2 is 1.86 bits per heavy atom. The molecule has 2 aromatic carbocycles. The number of carbonyl (C=O) groups excluding carboxylic acids is 1. The van der Waals surface area contributed by atoms with Gasteiger partial charge in [-0.05, 0) is 36.5 Å². The van der Waals surface area contributed by atoms with Gasteiger partial charge >= 0.3 is 0 Å². The number of thiocarbonyl (C=S) groups is 1. The maximum Gasteiger partial charge on any atom is 0.271 e. The predicted molar refractivity (Wildman–Crippen MR) is 111 cm³/mol. The Bertz CT molecular complexity index is 1040. The van der Waals surface area contributed by atoms with Crippen LogP contribution in [0.2, 0.25) is 0 Å². The summed E-state index contributed by atoms with van der Waals surface area (Å²) in [6.07, 6.45) is 2.81. The van der Waals surface area contributed by atoms with E-state index in [4.69, 9.17) is 16.6 Å². The van der Waals surface area contributed by atoms with Crippen LogP contribution < -0.4 is 10.6 Å². The Balaban J connectivity index is 1.56. The molecular formula is C20H15N3O4S. The zero-order valence-corrected chi connectivity index (χ0v) is 15.3. The van der Waals surface area contributed by atoms with Crippen LogP contribution in [0.15, 0.2) is 77.2 Å². The molecule has 0 fully saturated rings. The Hall–Kier alpha value is -3.78. The van der Waals surface area contributed by atoms with E-state index in [0.29, 0.717) is 17.2 Å². The molecule has 1 amide bonds. The molecule has 0 atom stereocenters. The van der Waals surface area contributed by atoms with Crippen molar-refractivity contribution in [2.75, 3.05) is 5.32 Å². The van der Waals surface area contributed by atoms with E-state index in [1.165, 1.54) is 30.4 Å². The molecule has 28 heavy (non-hydrogen) atoms. The number of furan rings is 1. The number of nitro benzene ring substituents is 1. The third-order valence-electron chi connectivity index (χ3n) is 3.64. The normalized spacial score (nSPS) is 10.6. The number of nitro groups is 1. The van der Waals surface area contributed by atoms with Gasteiger partial charge in [-0.25, -0.2) is 0 Å². The van der Waals surface area contributed by atoms with Crippen molar-refractivity contribution in [3.05, 3.63) is 88.7 Å². The van der Waals surface area contributed by atoms with Crippen LogP contribution in [0.25, 0.3) is 17.4 Å². The molecule has 140 valence electrons. The smallest absolute Gasteiger partial charge is 0.271 e. The molecule has 0 saturated carbocycles. The van der Waals surface area contributed by atoms with Gasteiger partial charge in [-0.15, -0.1) is 0 Å². The minimum absolute atomic E-state index is 0.0274. The first kappa shape index (κ1) is 19.0. The molecule has 1 heterocycles. The number of nitrogens with zero attached hydrogens (tertiary/aromatic N) is 1. The van der Waals surface area contributed by atoms with E-state index in [9.17, 15) is 14.9 Å². The van der Waals surface area contributed by atoms with Crippen LogP contribution in [0.5, 0.6) is 0 Å². The second kappa shape index (κ2) is 8.74. The van der Waals surface area contributed by atoms with E-state index >= 15 is 0 Å². The van der Waals surface area contributed by atoms with E-state index < -0.39 is 10.8 Å². The molecule has 1 aromatic heterocycles. The molecule has 0 saturated heterocycles. The number of benzene rings is 2. The first-order valence-corrected chi connectivity index (χ1v) is 8.62. The van der Waals surface area contributed by atoms with Crippen molar-refractivity contribution in [1.29, 1.82) is 0 Å². The molecule has 2 N–H and O–H groups in total. The largest absolute Gasteiger partial charge is 0.457 e. The van der Waals surface area contributed by atoms with E-state index in [0.717, 1.165) is 5.56 Å². The number of nitrogens with one attached hydrogen (secondary N) is 2. The Morgan fingerprint density at radius 1 is 1.07 bits per heavy atom. The van der Waals surface area contributed by atoms with Crippen LogP contribution in [-0.2, 0) is 4.79 Å². The van der Waals surface area contributed by atoms with Gasteiger partial charge in [-0.1, -0.05) is 36.4 Å². The second-order valence-electron chi connectivity index (χ2n) is 5.65. The Labute approximate surface area is 165 Å². The highest BCUT2D eigenvalue weighted by Crippen LogP contribution is 2.22. The van der Waals surface area contributed by atoms with Crippen LogP contribution >= 0.6 is 12.2 Å². The fourth-order valence-corrected chi connectivity index (χ4v) is 2.59. The summed E-state index contributed by atoms with van der Waals surface area (Å²) in [4.78, 5) is 22.3. The van der Waals surface area contributed by atoms with Gasteiger partial charge in [0.15, 0.2) is 5.11 Å². The molecule has 7 nitrogen and oxygen atoms in total. The van der Waals surface area contributed by atoms with Gasteiger partial charge in [0.2, 0.25) is 5.91 Å². The second-order valence-corrected chi connectivity index (χ2v) is 6.06. The van der Waals surface area contributed by atoms with Gasteiger partial charge in [-0.2, -0.15) is 0 Å². The lowest BCUT2D eigenvalue weighted by molar-refractivity contribution is -0.384. The molecule has 0 unspecified atom stereocenters. The molecule has 3 aromatic rings. The van der Waals surface area contributed by atoms with Crippen molar-refractivity contribution in [2.24, 2.45) is 0 Å². The molecule has 0 spiro atoms. The average molecular weight is 393 g/mol. The highest BCUT2D eigenvalue weighted by molar-refractivity contribution is 7.80. The van der Waals surface area contributed by atoms with Crippen LogP contribution in [0.4, 0.5) is 11.4 Å². The third kappa shape index (κ3) is 5.12. The minimum Gasteiger partial charge on any atom is -0.457 e. The molecule has 8 heteroatoms. The summed E-state index contributed by atoms with van der Waals surface area (Å²) in [5, 5.41) is 16.0. The summed E-state index contributed by atoms with van der Waals surface area (Å²) in [5.74, 6) is 0.760. The summed E-state index contributed by atoms with van der Waals surface area (Å²) in [6.45, 7) is 0. The lowest BCUT2D eigenvalue weighted by Gasteiger charge is -2.07. The molecule has 0 aliphatic carbocycles. The van der Waals surface area contributed by atoms with Gasteiger partial charge in [0.25, 0.3) is 5.69 Å². The molecule has 0 aliphatic heterocycles. The van der Waals surface area contributed by atoms with Crippen molar-refractivity contribution < 1.29 is 14.1 Å². The van der Waals surface area contributed by atoms with E-state index in [-0.39, 0.29) is 10.8 Å². The van der Waals surface area contributed by atoms with E-state index in [2.05, 4.69) is 10.6 Å². The maximum atomic E-state index is 12.0. The standard InChI is InChI=1S/C20H15N3O4S/c24-19(22-20(28)21-15-7-4-8-16(13-15)23(25)26)12-10-17-9-11-18(27-17)14-5-2-1-3-6-14/h1-13H,(H2,21,22,24,28)/b12-10+. The number of rotatable bonds is 5. The van der Waals surface area contributed by atoms with Crippen molar-refractivity contribution >= 4 is 40.7 Å². The lowest BCUT2D eigenvalue weighted by atomic mass is 10.2. The van der Waals surface area contributed by atoms with Crippen molar-refractivity contribution in [3.8, 4) is 11.3 Å². The summed E-state index contributed by atoms with van der Waals surface area (Å²) < 4.78 is 5.68. The van der Waals surface area contributed by atoms with Crippen molar-refractivity contribution in [1.82, 2.24) is 5.32 Å². The van der Waals surface area contributed by atoms with Gasteiger partial charge in [0, 0.05) is 29.5 Å². The van der Waals surface area contributed by atoms with Gasteiger partial charge < -0.3 is 9.73 Å². The fourth-order valence-electron chi connectivity index (χ4n) is 2.37. The summed E-state index contributed by atoms with van der Waals surface area (Å²) in [5.41, 5.74) is 1.27. The molecular weight excluding hydrogens is 378 g/mol. The number of hydrogen-bond acceptors (Lipinski definition) is 5. The quantitative estimate of drug-likeness (QED) is 0.289. The third-order valence-corrected chi connectivity index (χ3v) is 3.84. The lowest BCUT2D eigenvalue weighted by Crippen LogP contribution is -2.32. The Morgan fingerprint density at radius 3 is 2.61 bits per heavy atom. The molecule has 0 bridgehead atoms. The van der Waals surface area contributed by atoms with Crippen molar-refractivity contribution in [3.63, 3.8) is 0 Å². The monoisotopic (exact) mass is 393 g/mol. The molecule has 0 radical (unpaired) electrons. The number of hydrogen-bond donors (Lipinski definition) is 2. The van der Waals surface area contributed by atoms with Gasteiger partial charge in [0.05, 0.1) is 4.92 Å². The number of anilines is 1. The first-order chi connectivity index (χ1) is 13.5. The SMILES string of the molecule is O=C(/C=C/c1ccc(-c2ccccc2)o1)NC(=S)Nc1cccc([N+](=O)[O-])c1. The number of carbonyl (C=O) groups is 1. The number of non-ortho nitro benzene ring substituents is 1.